The average Bonchev–Trinajstić information content (AvgIpc) is 2.37. The van der Waals surface area contributed by atoms with Crippen LogP contribution >= 0.6 is 11.6 Å². The Bertz CT molecular complexity index is 499. The van der Waals surface area contributed by atoms with Crippen molar-refractivity contribution in [1.82, 2.24) is 10.3 Å². The Morgan fingerprint density at radius 1 is 1.11 bits per heavy atom. The summed E-state index contributed by atoms with van der Waals surface area (Å²) < 4.78 is 12.9. The van der Waals surface area contributed by atoms with Gasteiger partial charge >= 0.3 is 0 Å². The molecule has 94 valence electrons. The lowest BCUT2D eigenvalue weighted by Gasteiger charge is -2.05. The van der Waals surface area contributed by atoms with Crippen molar-refractivity contribution < 1.29 is 4.39 Å². The molecule has 0 radical (unpaired) electrons. The molecule has 1 heterocycles. The number of aromatic nitrogens is 1. The molecular weight excluding hydrogens is 251 g/mol. The smallest absolute Gasteiger partial charge is 0.141 e. The first-order chi connectivity index (χ1) is 8.74. The summed E-state index contributed by atoms with van der Waals surface area (Å²) in [5, 5.41) is 4.00. The number of nitrogens with zero attached hydrogens (tertiary/aromatic N) is 1. The second-order valence-corrected chi connectivity index (χ2v) is 4.50. The zero-order valence-corrected chi connectivity index (χ0v) is 10.6. The summed E-state index contributed by atoms with van der Waals surface area (Å²) in [6, 6.07) is 9.27. The summed E-state index contributed by atoms with van der Waals surface area (Å²) in [5.41, 5.74) is 2.08. The highest BCUT2D eigenvalue weighted by Crippen LogP contribution is 2.09. The van der Waals surface area contributed by atoms with Crippen LogP contribution in [0.1, 0.15) is 11.1 Å². The molecule has 4 heteroatoms. The molecule has 18 heavy (non-hydrogen) atoms. The summed E-state index contributed by atoms with van der Waals surface area (Å²) in [5.74, 6) is -0.299. The van der Waals surface area contributed by atoms with E-state index in [4.69, 9.17) is 11.6 Å². The molecule has 1 N–H and O–H groups in total. The van der Waals surface area contributed by atoms with E-state index in [9.17, 15) is 4.39 Å². The van der Waals surface area contributed by atoms with Crippen LogP contribution in [0.5, 0.6) is 0 Å². The first-order valence-electron chi connectivity index (χ1n) is 5.78. The van der Waals surface area contributed by atoms with E-state index >= 15 is 0 Å². The van der Waals surface area contributed by atoms with Crippen molar-refractivity contribution in [3.8, 4) is 0 Å². The van der Waals surface area contributed by atoms with Gasteiger partial charge in [0.1, 0.15) is 5.82 Å². The zero-order valence-electron chi connectivity index (χ0n) is 9.87. The van der Waals surface area contributed by atoms with Gasteiger partial charge in [0.25, 0.3) is 0 Å². The third-order valence-electron chi connectivity index (χ3n) is 2.59. The van der Waals surface area contributed by atoms with Crippen LogP contribution in [0.25, 0.3) is 0 Å². The molecule has 0 spiro atoms. The molecule has 0 saturated carbocycles. The Balaban J connectivity index is 1.74. The molecule has 0 bridgehead atoms. The van der Waals surface area contributed by atoms with Gasteiger partial charge in [0.05, 0.1) is 6.20 Å². The van der Waals surface area contributed by atoms with Crippen LogP contribution in [0, 0.1) is 5.82 Å². The first kappa shape index (κ1) is 13.0. The van der Waals surface area contributed by atoms with E-state index in [1.54, 1.807) is 6.20 Å². The molecule has 0 unspecified atom stereocenters. The van der Waals surface area contributed by atoms with Crippen LogP contribution in [-0.4, -0.2) is 11.5 Å². The maximum atomic E-state index is 12.9. The normalized spacial score (nSPS) is 10.6. The van der Waals surface area contributed by atoms with Gasteiger partial charge < -0.3 is 5.32 Å². The van der Waals surface area contributed by atoms with Crippen LogP contribution in [-0.2, 0) is 13.0 Å². The van der Waals surface area contributed by atoms with Gasteiger partial charge in [-0.1, -0.05) is 23.7 Å². The maximum Gasteiger partial charge on any atom is 0.141 e. The molecule has 0 saturated heterocycles. The monoisotopic (exact) mass is 264 g/mol. The second kappa shape index (κ2) is 6.47. The van der Waals surface area contributed by atoms with E-state index in [-0.39, 0.29) is 5.82 Å². The zero-order chi connectivity index (χ0) is 12.8. The number of hydrogen-bond donors (Lipinski definition) is 1. The lowest BCUT2D eigenvalue weighted by Crippen LogP contribution is -2.16. The minimum absolute atomic E-state index is 0.299. The van der Waals surface area contributed by atoms with E-state index in [2.05, 4.69) is 10.3 Å². The van der Waals surface area contributed by atoms with Crippen LogP contribution < -0.4 is 5.32 Å². The van der Waals surface area contributed by atoms with Gasteiger partial charge in [-0.15, -0.1) is 0 Å². The molecule has 0 fully saturated rings. The van der Waals surface area contributed by atoms with Crippen molar-refractivity contribution in [2.75, 3.05) is 6.54 Å². The summed E-state index contributed by atoms with van der Waals surface area (Å²) in [6.07, 6.45) is 3.79. The number of halogens is 2. The third-order valence-corrected chi connectivity index (χ3v) is 2.85. The minimum Gasteiger partial charge on any atom is -0.312 e. The Morgan fingerprint density at radius 3 is 2.61 bits per heavy atom. The quantitative estimate of drug-likeness (QED) is 0.839. The molecule has 2 aromatic rings. The van der Waals surface area contributed by atoms with E-state index in [1.165, 1.54) is 17.8 Å². The molecule has 0 aliphatic heterocycles. The lowest BCUT2D eigenvalue weighted by atomic mass is 10.1. The fraction of sp³-hybridized carbons (Fsp3) is 0.214. The van der Waals surface area contributed by atoms with Crippen molar-refractivity contribution in [2.24, 2.45) is 0 Å². The van der Waals surface area contributed by atoms with E-state index in [1.807, 2.05) is 24.3 Å². The Hall–Kier alpha value is -1.45. The van der Waals surface area contributed by atoms with Gasteiger partial charge in [0.15, 0.2) is 0 Å². The molecule has 0 aliphatic carbocycles. The number of rotatable bonds is 5. The molecule has 0 amide bonds. The van der Waals surface area contributed by atoms with Crippen molar-refractivity contribution in [3.63, 3.8) is 0 Å². The molecular formula is C14H14ClFN2. The third kappa shape index (κ3) is 4.09. The number of benzene rings is 1. The Labute approximate surface area is 111 Å². The van der Waals surface area contributed by atoms with Crippen LogP contribution in [0.2, 0.25) is 5.02 Å². The fourth-order valence-electron chi connectivity index (χ4n) is 1.67. The highest BCUT2D eigenvalue weighted by Gasteiger charge is 1.97. The summed E-state index contributed by atoms with van der Waals surface area (Å²) in [7, 11) is 0. The van der Waals surface area contributed by atoms with E-state index < -0.39 is 0 Å². The van der Waals surface area contributed by atoms with Crippen molar-refractivity contribution in [1.29, 1.82) is 0 Å². The van der Waals surface area contributed by atoms with Crippen LogP contribution in [0.3, 0.4) is 0 Å². The Morgan fingerprint density at radius 2 is 1.89 bits per heavy atom. The summed E-state index contributed by atoms with van der Waals surface area (Å²) in [6.45, 7) is 1.45. The minimum atomic E-state index is -0.299. The van der Waals surface area contributed by atoms with Crippen molar-refractivity contribution >= 4 is 11.6 Å². The first-order valence-corrected chi connectivity index (χ1v) is 6.16. The topological polar surface area (TPSA) is 24.9 Å². The molecule has 0 aliphatic rings. The second-order valence-electron chi connectivity index (χ2n) is 4.06. The highest BCUT2D eigenvalue weighted by molar-refractivity contribution is 6.30. The maximum absolute atomic E-state index is 12.9. The molecule has 0 atom stereocenters. The fourth-order valence-corrected chi connectivity index (χ4v) is 1.80. The molecule has 2 nitrogen and oxygen atoms in total. The number of hydrogen-bond acceptors (Lipinski definition) is 2. The highest BCUT2D eigenvalue weighted by atomic mass is 35.5. The molecule has 1 aromatic carbocycles. The molecule has 2 rings (SSSR count). The van der Waals surface area contributed by atoms with Gasteiger partial charge in [0, 0.05) is 17.8 Å². The van der Waals surface area contributed by atoms with Gasteiger partial charge in [-0.2, -0.15) is 0 Å². The van der Waals surface area contributed by atoms with Gasteiger partial charge in [0.2, 0.25) is 0 Å². The van der Waals surface area contributed by atoms with E-state index in [0.29, 0.717) is 6.54 Å². The van der Waals surface area contributed by atoms with Gasteiger partial charge in [-0.25, -0.2) is 4.39 Å². The van der Waals surface area contributed by atoms with E-state index in [0.717, 1.165) is 23.6 Å². The lowest BCUT2D eigenvalue weighted by molar-refractivity contribution is 0.612. The van der Waals surface area contributed by atoms with Crippen molar-refractivity contribution in [3.05, 3.63) is 64.7 Å². The van der Waals surface area contributed by atoms with Crippen LogP contribution in [0.15, 0.2) is 42.7 Å². The predicted octanol–water partition coefficient (Wildman–Crippen LogP) is 3.21. The largest absolute Gasteiger partial charge is 0.312 e. The SMILES string of the molecule is Fc1cncc(CNCCc2ccc(Cl)cc2)c1. The number of pyridine rings is 1. The van der Waals surface area contributed by atoms with Crippen molar-refractivity contribution in [2.45, 2.75) is 13.0 Å². The molecule has 1 aromatic heterocycles. The summed E-state index contributed by atoms with van der Waals surface area (Å²) in [4.78, 5) is 3.80. The van der Waals surface area contributed by atoms with Gasteiger partial charge in [-0.05, 0) is 42.3 Å². The van der Waals surface area contributed by atoms with Crippen LogP contribution in [0.4, 0.5) is 4.39 Å². The summed E-state index contributed by atoms with van der Waals surface area (Å²) >= 11 is 5.81. The number of nitrogens with one attached hydrogen (secondary N) is 1. The average molecular weight is 265 g/mol. The Kier molecular flexibility index (Phi) is 4.67. The standard InChI is InChI=1S/C14H14ClFN2/c15-13-3-1-11(2-4-13)5-6-17-8-12-7-14(16)10-18-9-12/h1-4,7,9-10,17H,5-6,8H2. The predicted molar refractivity (Wildman–Crippen MR) is 71.1 cm³/mol. The van der Waals surface area contributed by atoms with Gasteiger partial charge in [-0.3, -0.25) is 4.98 Å².